The van der Waals surface area contributed by atoms with Gasteiger partial charge in [-0.25, -0.2) is 20.5 Å². The zero-order valence-electron chi connectivity index (χ0n) is 26.6. The Morgan fingerprint density at radius 1 is 0.935 bits per heavy atom. The first-order valence-electron chi connectivity index (χ1n) is 15.6. The number of rotatable bonds is 9. The molecule has 2 aliphatic heterocycles. The summed E-state index contributed by atoms with van der Waals surface area (Å²) in [6, 6.07) is 24.6. The first-order valence-corrected chi connectivity index (χ1v) is 15.6. The monoisotopic (exact) mass is 629 g/mol. The van der Waals surface area contributed by atoms with Crippen molar-refractivity contribution >= 4 is 18.0 Å². The van der Waals surface area contributed by atoms with Crippen molar-refractivity contribution in [3.05, 3.63) is 101 Å². The summed E-state index contributed by atoms with van der Waals surface area (Å²) in [5.41, 5.74) is 9.70. The van der Waals surface area contributed by atoms with Crippen molar-refractivity contribution < 1.29 is 28.6 Å². The molecule has 4 N–H and O–H groups in total. The topological polar surface area (TPSA) is 142 Å². The van der Waals surface area contributed by atoms with Crippen LogP contribution in [0, 0.1) is 0 Å². The first kappa shape index (κ1) is 32.8. The molecular formula is C35H43N5O6. The molecule has 244 valence electrons. The van der Waals surface area contributed by atoms with Gasteiger partial charge in [0.25, 0.3) is 0 Å². The summed E-state index contributed by atoms with van der Waals surface area (Å²) in [5.74, 6) is 5.88. The largest absolute Gasteiger partial charge is 0.490 e. The lowest BCUT2D eigenvalue weighted by Crippen LogP contribution is -2.45. The Hall–Kier alpha value is -4.61. The van der Waals surface area contributed by atoms with Crippen LogP contribution in [0.5, 0.6) is 5.75 Å². The standard InChI is InChI=1S/C35H43N5O6/c1-35(2,3)45-34(42)39-18-10-15-28(22-39)38-33(36)40-20-26-16-17-29(19-27(26)21-40)43-23-30(46-37)32(41)44-31(24-11-6-4-7-12-24)25-13-8-5-9-14-25/h4-9,11-14,16-17,19,28,30-31H,10,15,18,20-23,37H2,1-3H3,(H2,36,38)/t28-,30+/m1/s1. The Morgan fingerprint density at radius 3 is 2.22 bits per heavy atom. The number of esters is 1. The van der Waals surface area contributed by atoms with Gasteiger partial charge in [0, 0.05) is 26.2 Å². The average Bonchev–Trinajstić information content (AvgIpc) is 3.48. The molecule has 46 heavy (non-hydrogen) atoms. The SMILES string of the molecule is CC(C)(C)OC(=O)N1CCC[C@@H](N=C(N)N2Cc3ccc(OC[C@H](ON)C(=O)OC(c4ccccc4)c4ccccc4)cc3C2)C1. The smallest absolute Gasteiger partial charge is 0.410 e. The number of carbonyl (C=O) groups excluding carboxylic acids is 2. The number of amides is 1. The summed E-state index contributed by atoms with van der Waals surface area (Å²) in [4.78, 5) is 39.2. The Balaban J connectivity index is 1.17. The predicted octanol–water partition coefficient (Wildman–Crippen LogP) is 4.69. The molecule has 2 aliphatic rings. The molecule has 11 nitrogen and oxygen atoms in total. The number of ether oxygens (including phenoxy) is 3. The van der Waals surface area contributed by atoms with E-state index in [4.69, 9.17) is 35.7 Å². The highest BCUT2D eigenvalue weighted by Crippen LogP contribution is 2.29. The number of nitrogens with zero attached hydrogens (tertiary/aromatic N) is 3. The van der Waals surface area contributed by atoms with Crippen LogP contribution in [0.4, 0.5) is 4.79 Å². The maximum Gasteiger partial charge on any atom is 0.410 e. The van der Waals surface area contributed by atoms with Gasteiger partial charge < -0.3 is 29.7 Å². The van der Waals surface area contributed by atoms with Crippen molar-refractivity contribution in [3.8, 4) is 5.75 Å². The third kappa shape index (κ3) is 8.55. The fourth-order valence-electron chi connectivity index (χ4n) is 5.55. The number of benzene rings is 3. The zero-order chi connectivity index (χ0) is 32.7. The van der Waals surface area contributed by atoms with Crippen molar-refractivity contribution in [1.29, 1.82) is 0 Å². The van der Waals surface area contributed by atoms with Gasteiger partial charge in [-0.05, 0) is 68.0 Å². The number of hydrogen-bond acceptors (Lipinski definition) is 8. The van der Waals surface area contributed by atoms with Crippen LogP contribution >= 0.6 is 0 Å². The van der Waals surface area contributed by atoms with Gasteiger partial charge in [-0.2, -0.15) is 0 Å². The fourth-order valence-corrected chi connectivity index (χ4v) is 5.55. The van der Waals surface area contributed by atoms with Crippen molar-refractivity contribution in [2.45, 2.75) is 70.6 Å². The van der Waals surface area contributed by atoms with Gasteiger partial charge in [-0.1, -0.05) is 66.7 Å². The highest BCUT2D eigenvalue weighted by molar-refractivity contribution is 5.79. The number of guanidine groups is 1. The van der Waals surface area contributed by atoms with E-state index in [9.17, 15) is 9.59 Å². The molecular weight excluding hydrogens is 586 g/mol. The summed E-state index contributed by atoms with van der Waals surface area (Å²) in [6.45, 7) is 7.72. The Kier molecular flexibility index (Phi) is 10.4. The van der Waals surface area contributed by atoms with Crippen LogP contribution in [-0.2, 0) is 32.2 Å². The van der Waals surface area contributed by atoms with E-state index in [0.717, 1.165) is 35.1 Å². The van der Waals surface area contributed by atoms with Gasteiger partial charge in [0.1, 0.15) is 18.0 Å². The number of likely N-dealkylation sites (tertiary alicyclic amines) is 1. The lowest BCUT2D eigenvalue weighted by atomic mass is 10.0. The quantitative estimate of drug-likeness (QED) is 0.149. The number of aliphatic imine (C=N–C) groups is 1. The van der Waals surface area contributed by atoms with Crippen molar-refractivity contribution in [3.63, 3.8) is 0 Å². The summed E-state index contributed by atoms with van der Waals surface area (Å²) in [6.07, 6.45) is -0.405. The highest BCUT2D eigenvalue weighted by atomic mass is 16.7. The molecule has 3 aromatic carbocycles. The minimum atomic E-state index is -1.14. The van der Waals surface area contributed by atoms with Gasteiger partial charge >= 0.3 is 12.1 Å². The number of hydrogen-bond donors (Lipinski definition) is 2. The van der Waals surface area contributed by atoms with Crippen molar-refractivity contribution in [2.24, 2.45) is 16.6 Å². The van der Waals surface area contributed by atoms with E-state index in [2.05, 4.69) is 0 Å². The van der Waals surface area contributed by atoms with E-state index in [1.165, 1.54) is 0 Å². The minimum absolute atomic E-state index is 0.0970. The Labute approximate surface area is 270 Å². The lowest BCUT2D eigenvalue weighted by molar-refractivity contribution is -0.163. The molecule has 0 radical (unpaired) electrons. The molecule has 5 rings (SSSR count). The molecule has 1 saturated heterocycles. The highest BCUT2D eigenvalue weighted by Gasteiger charge is 2.30. The van der Waals surface area contributed by atoms with Crippen LogP contribution in [0.25, 0.3) is 0 Å². The van der Waals surface area contributed by atoms with Crippen LogP contribution in [0.1, 0.15) is 62.0 Å². The molecule has 3 aromatic rings. The minimum Gasteiger partial charge on any atom is -0.490 e. The lowest BCUT2D eigenvalue weighted by Gasteiger charge is -2.33. The molecule has 1 fully saturated rings. The predicted molar refractivity (Wildman–Crippen MR) is 174 cm³/mol. The number of nitrogens with two attached hydrogens (primary N) is 2. The van der Waals surface area contributed by atoms with Crippen LogP contribution in [0.15, 0.2) is 83.9 Å². The number of carbonyl (C=O) groups is 2. The molecule has 11 heteroatoms. The molecule has 0 bridgehead atoms. The summed E-state index contributed by atoms with van der Waals surface area (Å²) >= 11 is 0. The second-order valence-corrected chi connectivity index (χ2v) is 12.6. The van der Waals surface area contributed by atoms with Gasteiger partial charge in [0.2, 0.25) is 6.10 Å². The van der Waals surface area contributed by atoms with Gasteiger partial charge in [0.15, 0.2) is 12.1 Å². The fraction of sp³-hybridized carbons (Fsp3) is 0.400. The van der Waals surface area contributed by atoms with Gasteiger partial charge in [0.05, 0.1) is 6.04 Å². The second-order valence-electron chi connectivity index (χ2n) is 12.6. The van der Waals surface area contributed by atoms with Crippen LogP contribution in [-0.4, -0.2) is 65.3 Å². The van der Waals surface area contributed by atoms with Crippen molar-refractivity contribution in [1.82, 2.24) is 9.80 Å². The van der Waals surface area contributed by atoms with Gasteiger partial charge in [-0.3, -0.25) is 4.84 Å². The van der Waals surface area contributed by atoms with E-state index in [1.54, 1.807) is 4.90 Å². The molecule has 2 heterocycles. The first-order chi connectivity index (χ1) is 22.1. The maximum absolute atomic E-state index is 13.2. The van der Waals surface area contributed by atoms with E-state index in [-0.39, 0.29) is 18.7 Å². The van der Waals surface area contributed by atoms with E-state index in [0.29, 0.717) is 37.9 Å². The number of piperidine rings is 1. The molecule has 0 unspecified atom stereocenters. The van der Waals surface area contributed by atoms with E-state index >= 15 is 0 Å². The molecule has 0 saturated carbocycles. The maximum atomic E-state index is 13.2. The van der Waals surface area contributed by atoms with Crippen LogP contribution in [0.2, 0.25) is 0 Å². The zero-order valence-corrected chi connectivity index (χ0v) is 26.6. The summed E-state index contributed by atoms with van der Waals surface area (Å²) in [7, 11) is 0. The molecule has 1 amide bonds. The molecule has 0 spiro atoms. The number of fused-ring (bicyclic) bond motifs is 1. The van der Waals surface area contributed by atoms with Gasteiger partial charge in [-0.15, -0.1) is 0 Å². The van der Waals surface area contributed by atoms with Crippen molar-refractivity contribution in [2.75, 3.05) is 19.7 Å². The van der Waals surface area contributed by atoms with Crippen LogP contribution in [0.3, 0.4) is 0 Å². The molecule has 2 atom stereocenters. The Bertz CT molecular complexity index is 1470. The summed E-state index contributed by atoms with van der Waals surface area (Å²) in [5, 5.41) is 0. The third-order valence-corrected chi connectivity index (χ3v) is 7.85. The normalized spacial score (nSPS) is 17.4. The van der Waals surface area contributed by atoms with E-state index in [1.807, 2.05) is 105 Å². The molecule has 0 aromatic heterocycles. The third-order valence-electron chi connectivity index (χ3n) is 7.85. The van der Waals surface area contributed by atoms with Crippen LogP contribution < -0.4 is 16.4 Å². The Morgan fingerprint density at radius 2 is 1.59 bits per heavy atom. The summed E-state index contributed by atoms with van der Waals surface area (Å²) < 4.78 is 17.4. The molecule has 0 aliphatic carbocycles. The van der Waals surface area contributed by atoms with E-state index < -0.39 is 23.8 Å². The average molecular weight is 630 g/mol. The second kappa shape index (κ2) is 14.7.